The van der Waals surface area contributed by atoms with Crippen LogP contribution in [0.1, 0.15) is 35.4 Å². The molecule has 1 fully saturated rings. The molecule has 5 nitrogen and oxygen atoms in total. The molecule has 126 valence electrons. The second kappa shape index (κ2) is 8.26. The zero-order valence-electron chi connectivity index (χ0n) is 21.1. The summed E-state index contributed by atoms with van der Waals surface area (Å²) in [5, 5.41) is 1.91. The smallest absolute Gasteiger partial charge is 0.319 e. The number of ether oxygens (including phenoxy) is 1. The van der Waals surface area contributed by atoms with E-state index < -0.39 is 62.4 Å². The van der Waals surface area contributed by atoms with Gasteiger partial charge in [-0.15, -0.1) is 0 Å². The van der Waals surface area contributed by atoms with E-state index in [4.69, 9.17) is 23.9 Å². The summed E-state index contributed by atoms with van der Waals surface area (Å²) in [6, 6.07) is 2.78. The van der Waals surface area contributed by atoms with Crippen LogP contribution in [0.2, 0.25) is 5.02 Å². The van der Waals surface area contributed by atoms with Gasteiger partial charge < -0.3 is 10.1 Å². The lowest BCUT2D eigenvalue weighted by atomic mass is 9.96. The zero-order valence-corrected chi connectivity index (χ0v) is 12.8. The Bertz CT molecular complexity index is 884. The van der Waals surface area contributed by atoms with E-state index in [0.29, 0.717) is 0 Å². The van der Waals surface area contributed by atoms with Gasteiger partial charge in [-0.05, 0) is 49.8 Å². The number of benzene rings is 1. The number of piperidine rings is 1. The minimum Gasteiger partial charge on any atom is -0.468 e. The van der Waals surface area contributed by atoms with Crippen molar-refractivity contribution < 1.29 is 31.1 Å². The summed E-state index contributed by atoms with van der Waals surface area (Å²) in [4.78, 5) is 24.1. The molecular formula is C16H20ClFN2O3. The molecule has 2 rings (SSSR count). The number of carbonyl (C=O) groups excluding carboxylic acids is 2. The summed E-state index contributed by atoms with van der Waals surface area (Å²) in [5.74, 6) is -6.31. The van der Waals surface area contributed by atoms with Crippen LogP contribution in [0, 0.1) is 11.7 Å². The van der Waals surface area contributed by atoms with Gasteiger partial charge in [0.05, 0.1) is 13.7 Å². The molecule has 0 atom stereocenters. The Morgan fingerprint density at radius 2 is 2.17 bits per heavy atom. The number of nitrogens with one attached hydrogen (secondary N) is 1. The highest BCUT2D eigenvalue weighted by atomic mass is 35.5. The standard InChI is InChI=1S/C16H20ClFN2O3/c1-23-15(21)10-20-4-2-11(3-5-20)9-19-16(22)12-6-13(17)8-14(18)7-12/h6-8,11H,2-5,9-10H2,1H3,(H,19,22)/i2D2,3D2,4D2,5D2,11D. The summed E-state index contributed by atoms with van der Waals surface area (Å²) in [7, 11) is 0.934. The fourth-order valence-corrected chi connectivity index (χ4v) is 1.87. The van der Waals surface area contributed by atoms with E-state index in [0.717, 1.165) is 25.3 Å². The number of carbonyl (C=O) groups is 2. The van der Waals surface area contributed by atoms with Crippen LogP contribution in [0.3, 0.4) is 0 Å². The topological polar surface area (TPSA) is 58.6 Å². The van der Waals surface area contributed by atoms with Crippen molar-refractivity contribution in [1.29, 1.82) is 0 Å². The Morgan fingerprint density at radius 3 is 2.78 bits per heavy atom. The quantitative estimate of drug-likeness (QED) is 0.825. The van der Waals surface area contributed by atoms with Crippen LogP contribution in [-0.2, 0) is 9.53 Å². The first-order valence-corrected chi connectivity index (χ1v) is 6.83. The van der Waals surface area contributed by atoms with Crippen LogP contribution in [0.15, 0.2) is 18.2 Å². The minimum atomic E-state index is -3.46. The molecule has 1 aliphatic heterocycles. The van der Waals surface area contributed by atoms with Crippen molar-refractivity contribution in [2.24, 2.45) is 5.89 Å². The number of esters is 1. The van der Waals surface area contributed by atoms with E-state index in [1.54, 1.807) is 0 Å². The molecule has 0 aliphatic carbocycles. The molecule has 1 aromatic rings. The minimum absolute atomic E-state index is 0.0206. The van der Waals surface area contributed by atoms with E-state index in [1.165, 1.54) is 0 Å². The largest absolute Gasteiger partial charge is 0.468 e. The van der Waals surface area contributed by atoms with Crippen LogP contribution in [0.25, 0.3) is 0 Å². The Morgan fingerprint density at radius 1 is 1.48 bits per heavy atom. The van der Waals surface area contributed by atoms with Gasteiger partial charge in [0.15, 0.2) is 0 Å². The molecule has 0 spiro atoms. The maximum absolute atomic E-state index is 13.5. The van der Waals surface area contributed by atoms with Crippen LogP contribution in [0.5, 0.6) is 0 Å². The summed E-state index contributed by atoms with van der Waals surface area (Å²) >= 11 is 5.69. The van der Waals surface area contributed by atoms with Gasteiger partial charge in [0, 0.05) is 29.5 Å². The lowest BCUT2D eigenvalue weighted by Crippen LogP contribution is -2.41. The molecule has 0 bridgehead atoms. The second-order valence-electron chi connectivity index (χ2n) is 4.46. The molecule has 0 saturated carbocycles. The van der Waals surface area contributed by atoms with Gasteiger partial charge in [0.25, 0.3) is 5.91 Å². The average Bonchev–Trinajstić information content (AvgIpc) is 2.67. The van der Waals surface area contributed by atoms with Crippen molar-refractivity contribution in [2.45, 2.75) is 12.7 Å². The molecule has 1 aromatic carbocycles. The van der Waals surface area contributed by atoms with Crippen molar-refractivity contribution in [3.63, 3.8) is 0 Å². The molecule has 0 radical (unpaired) electrons. The predicted octanol–water partition coefficient (Wildman–Crippen LogP) is 2.09. The molecule has 23 heavy (non-hydrogen) atoms. The number of nitrogens with zero attached hydrogens (tertiary/aromatic N) is 1. The summed E-state index contributed by atoms with van der Waals surface area (Å²) < 4.78 is 91.9. The van der Waals surface area contributed by atoms with E-state index in [-0.39, 0.29) is 15.5 Å². The molecule has 1 amide bonds. The number of hydrogen-bond acceptors (Lipinski definition) is 4. The van der Waals surface area contributed by atoms with E-state index in [1.807, 2.05) is 5.32 Å². The SMILES string of the molecule is [2H]C1([2H])N(CC(=O)OC)C([2H])([2H])C([2H])([2H])C([2H])(CNC(=O)c2cc(F)cc(Cl)c2)C1([2H])[2H]. The van der Waals surface area contributed by atoms with Gasteiger partial charge >= 0.3 is 5.97 Å². The number of hydrogen-bond donors (Lipinski definition) is 1. The molecule has 1 N–H and O–H groups in total. The maximum atomic E-state index is 13.5. The Labute approximate surface area is 152 Å². The maximum Gasteiger partial charge on any atom is 0.319 e. The highest BCUT2D eigenvalue weighted by Crippen LogP contribution is 2.17. The van der Waals surface area contributed by atoms with Crippen LogP contribution >= 0.6 is 11.6 Å². The number of halogens is 2. The van der Waals surface area contributed by atoms with Crippen molar-refractivity contribution >= 4 is 23.5 Å². The van der Waals surface area contributed by atoms with Crippen LogP contribution < -0.4 is 5.32 Å². The third-order valence-electron chi connectivity index (χ3n) is 2.75. The number of rotatable bonds is 5. The Hall–Kier alpha value is -1.66. The van der Waals surface area contributed by atoms with E-state index >= 15 is 0 Å². The predicted molar refractivity (Wildman–Crippen MR) is 84.9 cm³/mol. The van der Waals surface area contributed by atoms with Gasteiger partial charge in [-0.25, -0.2) is 4.39 Å². The zero-order chi connectivity index (χ0) is 24.9. The van der Waals surface area contributed by atoms with E-state index in [9.17, 15) is 14.0 Å². The fourth-order valence-electron chi connectivity index (χ4n) is 1.65. The first-order valence-electron chi connectivity index (χ1n) is 11.0. The highest BCUT2D eigenvalue weighted by Gasteiger charge is 2.21. The first kappa shape index (κ1) is 8.99. The monoisotopic (exact) mass is 351 g/mol. The van der Waals surface area contributed by atoms with Crippen molar-refractivity contribution in [1.82, 2.24) is 10.2 Å². The molecule has 7 heteroatoms. The Kier molecular flexibility index (Phi) is 3.23. The van der Waals surface area contributed by atoms with Crippen LogP contribution in [-0.4, -0.2) is 50.0 Å². The Balaban J connectivity index is 2.49. The van der Waals surface area contributed by atoms with Crippen molar-refractivity contribution in [3.05, 3.63) is 34.6 Å². The fraction of sp³-hybridized carbons (Fsp3) is 0.500. The summed E-state index contributed by atoms with van der Waals surface area (Å²) in [6.07, 6.45) is -6.92. The van der Waals surface area contributed by atoms with Gasteiger partial charge in [0.1, 0.15) is 5.82 Å². The molecule has 1 saturated heterocycles. The molecule has 1 aliphatic rings. The van der Waals surface area contributed by atoms with Gasteiger partial charge in [-0.1, -0.05) is 11.6 Å². The third-order valence-corrected chi connectivity index (χ3v) is 2.97. The molecular weight excluding hydrogens is 323 g/mol. The van der Waals surface area contributed by atoms with Gasteiger partial charge in [-0.3, -0.25) is 14.5 Å². The number of methoxy groups -OCH3 is 1. The van der Waals surface area contributed by atoms with Gasteiger partial charge in [-0.2, -0.15) is 0 Å². The third kappa shape index (κ3) is 5.48. The number of likely N-dealkylation sites (tertiary alicyclic amines) is 1. The first-order chi connectivity index (χ1) is 14.4. The van der Waals surface area contributed by atoms with E-state index in [2.05, 4.69) is 4.74 Å². The average molecular weight is 352 g/mol. The number of amides is 1. The second-order valence-corrected chi connectivity index (χ2v) is 4.89. The molecule has 0 aromatic heterocycles. The van der Waals surface area contributed by atoms with Crippen LogP contribution in [0.4, 0.5) is 4.39 Å². The highest BCUT2D eigenvalue weighted by molar-refractivity contribution is 6.31. The lowest BCUT2D eigenvalue weighted by Gasteiger charge is -2.31. The summed E-state index contributed by atoms with van der Waals surface area (Å²) in [6.45, 7) is -9.10. The summed E-state index contributed by atoms with van der Waals surface area (Å²) in [5.41, 5.74) is -0.325. The lowest BCUT2D eigenvalue weighted by molar-refractivity contribution is -0.142. The van der Waals surface area contributed by atoms with Crippen molar-refractivity contribution in [2.75, 3.05) is 33.2 Å². The normalized spacial score (nSPS) is 32.0. The van der Waals surface area contributed by atoms with Gasteiger partial charge in [0.2, 0.25) is 0 Å². The molecule has 0 unspecified atom stereocenters. The molecule has 1 heterocycles. The van der Waals surface area contributed by atoms with Crippen molar-refractivity contribution in [3.8, 4) is 0 Å².